The standard InChI is InChI=1S/C8H20N.H6Si2/c1-8(2)6-7-9(3,4)5;1-2/h8H,6-7H2,1-5H3;1-2H3/q+1;. The zero-order valence-electron chi connectivity index (χ0n) is 9.44. The molecule has 70 valence electrons. The Morgan fingerprint density at radius 2 is 1.45 bits per heavy atom. The Morgan fingerprint density at radius 3 is 1.55 bits per heavy atom. The maximum atomic E-state index is 2.27. The van der Waals surface area contributed by atoms with E-state index in [-0.39, 0.29) is 0 Å². The molecule has 0 radical (unpaired) electrons. The van der Waals surface area contributed by atoms with Gasteiger partial charge in [0.1, 0.15) is 0 Å². The van der Waals surface area contributed by atoms with Crippen molar-refractivity contribution in [3.8, 4) is 0 Å². The molecule has 0 fully saturated rings. The van der Waals surface area contributed by atoms with E-state index < -0.39 is 0 Å². The molecule has 11 heavy (non-hydrogen) atoms. The first kappa shape index (κ1) is 13.9. The summed E-state index contributed by atoms with van der Waals surface area (Å²) in [5, 5.41) is 0. The molecule has 0 aromatic heterocycles. The van der Waals surface area contributed by atoms with Crippen molar-refractivity contribution in [1.82, 2.24) is 0 Å². The lowest BCUT2D eigenvalue weighted by atomic mass is 10.1. The summed E-state index contributed by atoms with van der Waals surface area (Å²) in [5.74, 6) is 0.849. The molecule has 3 heteroatoms. The second-order valence-electron chi connectivity index (χ2n) is 4.20. The number of hydrogen-bond acceptors (Lipinski definition) is 0. The predicted molar refractivity (Wildman–Crippen MR) is 62.2 cm³/mol. The highest BCUT2D eigenvalue weighted by atomic mass is 29.1. The van der Waals surface area contributed by atoms with Crippen LogP contribution in [0.5, 0.6) is 0 Å². The molecule has 0 aliphatic heterocycles. The van der Waals surface area contributed by atoms with Crippen LogP contribution in [0.25, 0.3) is 0 Å². The van der Waals surface area contributed by atoms with E-state index in [4.69, 9.17) is 0 Å². The van der Waals surface area contributed by atoms with Gasteiger partial charge in [0.15, 0.2) is 0 Å². The Hall–Kier alpha value is 0.394. The van der Waals surface area contributed by atoms with Gasteiger partial charge in [-0.05, 0) is 31.9 Å². The van der Waals surface area contributed by atoms with Gasteiger partial charge in [0.05, 0.1) is 27.7 Å². The van der Waals surface area contributed by atoms with Crippen LogP contribution in [0, 0.1) is 5.92 Å². The normalized spacial score (nSPS) is 11.5. The molecule has 0 N–H and O–H groups in total. The van der Waals surface area contributed by atoms with Crippen LogP contribution in [0.4, 0.5) is 0 Å². The zero-order valence-corrected chi connectivity index (χ0v) is 13.4. The largest absolute Gasteiger partial charge is 0.331 e. The van der Waals surface area contributed by atoms with Crippen LogP contribution in [-0.4, -0.2) is 51.7 Å². The van der Waals surface area contributed by atoms with Gasteiger partial charge in [0, 0.05) is 0 Å². The van der Waals surface area contributed by atoms with Crippen LogP contribution >= 0.6 is 0 Å². The van der Waals surface area contributed by atoms with Crippen molar-refractivity contribution in [1.29, 1.82) is 0 Å². The lowest BCUT2D eigenvalue weighted by molar-refractivity contribution is -0.870. The fourth-order valence-corrected chi connectivity index (χ4v) is 0.645. The van der Waals surface area contributed by atoms with Crippen LogP contribution < -0.4 is 0 Å². The molecule has 0 spiro atoms. The molecule has 0 aliphatic carbocycles. The number of quaternary nitrogens is 1. The third-order valence-corrected chi connectivity index (χ3v) is 1.38. The highest BCUT2D eigenvalue weighted by Gasteiger charge is 2.06. The first-order valence-electron chi connectivity index (χ1n) is 4.72. The van der Waals surface area contributed by atoms with E-state index in [0.29, 0.717) is 0 Å². The summed E-state index contributed by atoms with van der Waals surface area (Å²) >= 11 is 0. The summed E-state index contributed by atoms with van der Waals surface area (Å²) in [6.07, 6.45) is 1.34. The van der Waals surface area contributed by atoms with Crippen molar-refractivity contribution in [3.05, 3.63) is 0 Å². The number of rotatable bonds is 3. The Morgan fingerprint density at radius 1 is 1.09 bits per heavy atom. The maximum Gasteiger partial charge on any atom is 0.0782 e. The van der Waals surface area contributed by atoms with Gasteiger partial charge >= 0.3 is 0 Å². The Balaban J connectivity index is 0. The molecule has 0 bridgehead atoms. The molecular formula is C8H26NSi2+. The van der Waals surface area contributed by atoms with Crippen LogP contribution in [0.1, 0.15) is 20.3 Å². The topological polar surface area (TPSA) is 0 Å². The van der Waals surface area contributed by atoms with E-state index in [2.05, 4.69) is 35.0 Å². The minimum atomic E-state index is 0.849. The van der Waals surface area contributed by atoms with Gasteiger partial charge in [-0.2, -0.15) is 0 Å². The molecule has 0 atom stereocenters. The second-order valence-corrected chi connectivity index (χ2v) is 4.20. The van der Waals surface area contributed by atoms with Gasteiger partial charge in [-0.1, -0.05) is 13.8 Å². The first-order chi connectivity index (χ1) is 4.92. The quantitative estimate of drug-likeness (QED) is 0.413. The van der Waals surface area contributed by atoms with Crippen molar-refractivity contribution in [2.24, 2.45) is 5.92 Å². The Kier molecular flexibility index (Phi) is 8.96. The third kappa shape index (κ3) is 17.9. The fraction of sp³-hybridized carbons (Fsp3) is 1.00. The molecular weight excluding hydrogens is 166 g/mol. The summed E-state index contributed by atoms with van der Waals surface area (Å²) in [6, 6.07) is 0. The van der Waals surface area contributed by atoms with Gasteiger partial charge in [0.25, 0.3) is 0 Å². The lowest BCUT2D eigenvalue weighted by Gasteiger charge is -2.24. The first-order valence-corrected chi connectivity index (χ1v) is 12.7. The zero-order chi connectivity index (χ0) is 9.49. The molecule has 1 nitrogen and oxygen atoms in total. The smallest absolute Gasteiger partial charge is 0.0782 e. The average Bonchev–Trinajstić information content (AvgIpc) is 1.87. The maximum absolute atomic E-state index is 2.27. The van der Waals surface area contributed by atoms with Crippen molar-refractivity contribution >= 4 is 19.5 Å². The van der Waals surface area contributed by atoms with Gasteiger partial charge < -0.3 is 4.48 Å². The summed E-state index contributed by atoms with van der Waals surface area (Å²) in [5.41, 5.74) is 0. The monoisotopic (exact) mass is 192 g/mol. The van der Waals surface area contributed by atoms with Crippen LogP contribution in [0.3, 0.4) is 0 Å². The highest BCUT2D eigenvalue weighted by molar-refractivity contribution is 6.75. The summed E-state index contributed by atoms with van der Waals surface area (Å²) < 4.78 is 1.10. The minimum Gasteiger partial charge on any atom is -0.331 e. The number of nitrogens with zero attached hydrogens (tertiary/aromatic N) is 1. The van der Waals surface area contributed by atoms with E-state index in [1.54, 1.807) is 0 Å². The van der Waals surface area contributed by atoms with Crippen LogP contribution in [-0.2, 0) is 0 Å². The van der Waals surface area contributed by atoms with Gasteiger partial charge in [0.2, 0.25) is 0 Å². The molecule has 0 amide bonds. The van der Waals surface area contributed by atoms with E-state index in [0.717, 1.165) is 10.4 Å². The highest BCUT2D eigenvalue weighted by Crippen LogP contribution is 2.02. The summed E-state index contributed by atoms with van der Waals surface area (Å²) in [7, 11) is 9.60. The fourth-order valence-electron chi connectivity index (χ4n) is 0.645. The molecule has 0 rings (SSSR count). The molecule has 0 saturated carbocycles. The Bertz CT molecular complexity index is 76.7. The Labute approximate surface area is 78.4 Å². The van der Waals surface area contributed by atoms with Crippen molar-refractivity contribution in [2.45, 2.75) is 20.3 Å². The predicted octanol–water partition coefficient (Wildman–Crippen LogP) is -0.629. The lowest BCUT2D eigenvalue weighted by Crippen LogP contribution is -2.35. The SMILES string of the molecule is CC(C)CC[N+](C)(C)C.[SiH3][SiH3]. The van der Waals surface area contributed by atoms with Crippen molar-refractivity contribution < 1.29 is 4.48 Å². The molecule has 0 heterocycles. The second kappa shape index (κ2) is 7.07. The molecule has 0 unspecified atom stereocenters. The van der Waals surface area contributed by atoms with E-state index in [1.165, 1.54) is 32.5 Å². The molecule has 0 aliphatic rings. The van der Waals surface area contributed by atoms with Gasteiger partial charge in [-0.15, -0.1) is 0 Å². The summed E-state index contributed by atoms with van der Waals surface area (Å²) in [4.78, 5) is 0. The molecule has 0 aromatic carbocycles. The van der Waals surface area contributed by atoms with E-state index >= 15 is 0 Å². The van der Waals surface area contributed by atoms with E-state index in [1.807, 2.05) is 0 Å². The van der Waals surface area contributed by atoms with Crippen LogP contribution in [0.2, 0.25) is 0 Å². The van der Waals surface area contributed by atoms with Crippen LogP contribution in [0.15, 0.2) is 0 Å². The molecule has 0 saturated heterocycles. The van der Waals surface area contributed by atoms with E-state index in [9.17, 15) is 0 Å². The molecule has 0 aromatic rings. The average molecular weight is 192 g/mol. The van der Waals surface area contributed by atoms with Crippen molar-refractivity contribution in [2.75, 3.05) is 27.7 Å². The summed E-state index contributed by atoms with van der Waals surface area (Å²) in [6.45, 7) is 5.84. The van der Waals surface area contributed by atoms with Gasteiger partial charge in [-0.25, -0.2) is 0 Å². The minimum absolute atomic E-state index is 0.849. The van der Waals surface area contributed by atoms with Gasteiger partial charge in [-0.3, -0.25) is 0 Å². The van der Waals surface area contributed by atoms with Crippen molar-refractivity contribution in [3.63, 3.8) is 0 Å². The third-order valence-electron chi connectivity index (χ3n) is 1.38. The number of hydrogen-bond donors (Lipinski definition) is 0.